The van der Waals surface area contributed by atoms with Gasteiger partial charge in [0.1, 0.15) is 0 Å². The number of hydrogen-bond donors (Lipinski definition) is 2. The summed E-state index contributed by atoms with van der Waals surface area (Å²) in [5, 5.41) is 11.7. The van der Waals surface area contributed by atoms with E-state index in [1.807, 2.05) is 13.0 Å². The van der Waals surface area contributed by atoms with Crippen molar-refractivity contribution < 1.29 is 14.7 Å². The van der Waals surface area contributed by atoms with Crippen molar-refractivity contribution in [2.75, 3.05) is 6.54 Å². The Morgan fingerprint density at radius 2 is 1.94 bits per heavy atom. The fourth-order valence-corrected chi connectivity index (χ4v) is 1.64. The van der Waals surface area contributed by atoms with Gasteiger partial charge in [-0.05, 0) is 13.0 Å². The second kappa shape index (κ2) is 6.81. The summed E-state index contributed by atoms with van der Waals surface area (Å²) < 4.78 is 0. The predicted molar refractivity (Wildman–Crippen MR) is 65.1 cm³/mol. The quantitative estimate of drug-likeness (QED) is 0.706. The highest BCUT2D eigenvalue weighted by Gasteiger charge is 2.19. The molecule has 0 amide bonds. The van der Waals surface area contributed by atoms with Crippen LogP contribution in [0.3, 0.4) is 0 Å². The Labute approximate surface area is 101 Å². The van der Waals surface area contributed by atoms with Gasteiger partial charge >= 0.3 is 5.97 Å². The topological polar surface area (TPSA) is 66.4 Å². The van der Waals surface area contributed by atoms with Crippen molar-refractivity contribution in [1.82, 2.24) is 5.32 Å². The summed E-state index contributed by atoms with van der Waals surface area (Å²) >= 11 is 0. The zero-order chi connectivity index (χ0) is 12.7. The maximum atomic E-state index is 12.1. The molecule has 92 valence electrons. The summed E-state index contributed by atoms with van der Waals surface area (Å²) in [5.74, 6) is -0.928. The van der Waals surface area contributed by atoms with Crippen LogP contribution in [-0.4, -0.2) is 29.4 Å². The highest BCUT2D eigenvalue weighted by molar-refractivity contribution is 6.00. The Morgan fingerprint density at radius 3 is 2.47 bits per heavy atom. The van der Waals surface area contributed by atoms with Gasteiger partial charge in [0.05, 0.1) is 6.04 Å². The molecule has 0 aliphatic carbocycles. The van der Waals surface area contributed by atoms with Gasteiger partial charge in [-0.2, -0.15) is 0 Å². The van der Waals surface area contributed by atoms with Crippen LogP contribution in [0.15, 0.2) is 30.3 Å². The smallest absolute Gasteiger partial charge is 0.303 e. The fraction of sp³-hybridized carbons (Fsp3) is 0.385. The molecule has 1 aromatic carbocycles. The molecule has 4 heteroatoms. The van der Waals surface area contributed by atoms with Crippen LogP contribution in [-0.2, 0) is 4.79 Å². The van der Waals surface area contributed by atoms with Crippen molar-refractivity contribution in [1.29, 1.82) is 0 Å². The Morgan fingerprint density at radius 1 is 1.29 bits per heavy atom. The van der Waals surface area contributed by atoms with Gasteiger partial charge in [0.15, 0.2) is 5.78 Å². The van der Waals surface area contributed by atoms with Gasteiger partial charge in [-0.1, -0.05) is 37.3 Å². The van der Waals surface area contributed by atoms with Crippen LogP contribution in [0.4, 0.5) is 0 Å². The van der Waals surface area contributed by atoms with E-state index in [9.17, 15) is 9.59 Å². The van der Waals surface area contributed by atoms with E-state index >= 15 is 0 Å². The first kappa shape index (κ1) is 13.4. The molecule has 17 heavy (non-hydrogen) atoms. The minimum atomic E-state index is -0.881. The van der Waals surface area contributed by atoms with Crippen molar-refractivity contribution >= 4 is 11.8 Å². The zero-order valence-corrected chi connectivity index (χ0v) is 9.85. The molecule has 0 fully saturated rings. The number of Topliss-reactive ketones (excluding diaryl/α,β-unsaturated/α-hetero) is 1. The molecule has 1 unspecified atom stereocenters. The number of benzene rings is 1. The van der Waals surface area contributed by atoms with Crippen LogP contribution < -0.4 is 5.32 Å². The van der Waals surface area contributed by atoms with Crippen LogP contribution in [0.2, 0.25) is 0 Å². The molecule has 0 bridgehead atoms. The van der Waals surface area contributed by atoms with E-state index in [0.29, 0.717) is 18.5 Å². The maximum Gasteiger partial charge on any atom is 0.303 e. The van der Waals surface area contributed by atoms with Gasteiger partial charge in [-0.15, -0.1) is 0 Å². The lowest BCUT2D eigenvalue weighted by Gasteiger charge is -2.15. The molecule has 4 nitrogen and oxygen atoms in total. The zero-order valence-electron chi connectivity index (χ0n) is 9.85. The van der Waals surface area contributed by atoms with Crippen molar-refractivity contribution in [3.05, 3.63) is 35.9 Å². The number of ketones is 1. The van der Waals surface area contributed by atoms with Gasteiger partial charge in [-0.25, -0.2) is 0 Å². The fourth-order valence-electron chi connectivity index (χ4n) is 1.64. The van der Waals surface area contributed by atoms with Gasteiger partial charge in [0.2, 0.25) is 0 Å². The average Bonchev–Trinajstić information content (AvgIpc) is 2.34. The number of nitrogens with one attached hydrogen (secondary N) is 1. The van der Waals surface area contributed by atoms with Gasteiger partial charge in [0.25, 0.3) is 0 Å². The van der Waals surface area contributed by atoms with Crippen LogP contribution >= 0.6 is 0 Å². The highest BCUT2D eigenvalue weighted by Crippen LogP contribution is 2.08. The third-order valence-electron chi connectivity index (χ3n) is 2.47. The van der Waals surface area contributed by atoms with Gasteiger partial charge < -0.3 is 10.4 Å². The first-order valence-corrected chi connectivity index (χ1v) is 5.69. The minimum absolute atomic E-state index is 0.00373. The van der Waals surface area contributed by atoms with Crippen molar-refractivity contribution in [2.45, 2.75) is 25.8 Å². The van der Waals surface area contributed by atoms with E-state index in [1.54, 1.807) is 24.3 Å². The molecule has 0 saturated heterocycles. The number of hydrogen-bond acceptors (Lipinski definition) is 3. The first-order valence-electron chi connectivity index (χ1n) is 5.69. The molecule has 1 rings (SSSR count). The van der Waals surface area contributed by atoms with E-state index in [2.05, 4.69) is 5.32 Å². The molecule has 0 spiro atoms. The number of carboxylic acids is 1. The lowest BCUT2D eigenvalue weighted by molar-refractivity contribution is -0.137. The maximum absolute atomic E-state index is 12.1. The van der Waals surface area contributed by atoms with Crippen LogP contribution in [0.5, 0.6) is 0 Å². The van der Waals surface area contributed by atoms with E-state index in [4.69, 9.17) is 5.11 Å². The van der Waals surface area contributed by atoms with Gasteiger partial charge in [-0.3, -0.25) is 9.59 Å². The second-order valence-electron chi connectivity index (χ2n) is 3.77. The number of aliphatic carboxylic acids is 1. The number of carbonyl (C=O) groups is 2. The Kier molecular flexibility index (Phi) is 5.36. The van der Waals surface area contributed by atoms with E-state index < -0.39 is 12.0 Å². The number of likely N-dealkylation sites (N-methyl/N-ethyl adjacent to an activating group) is 1. The van der Waals surface area contributed by atoms with Crippen molar-refractivity contribution in [3.8, 4) is 0 Å². The molecule has 0 saturated carbocycles. The largest absolute Gasteiger partial charge is 0.481 e. The van der Waals surface area contributed by atoms with Crippen LogP contribution in [0.25, 0.3) is 0 Å². The molecule has 0 aromatic heterocycles. The first-order chi connectivity index (χ1) is 8.15. The standard InChI is InChI=1S/C13H17NO3/c1-2-14-11(8-9-12(15)16)13(17)10-6-4-3-5-7-10/h3-7,11,14H,2,8-9H2,1H3,(H,15,16). The average molecular weight is 235 g/mol. The molecule has 0 aliphatic heterocycles. The number of carbonyl (C=O) groups excluding carboxylic acids is 1. The summed E-state index contributed by atoms with van der Waals surface area (Å²) in [5.41, 5.74) is 0.615. The Hall–Kier alpha value is -1.68. The molecule has 0 heterocycles. The molecule has 0 radical (unpaired) electrons. The minimum Gasteiger partial charge on any atom is -0.481 e. The summed E-state index contributed by atoms with van der Waals surface area (Å²) in [7, 11) is 0. The Bertz CT molecular complexity index is 376. The number of rotatable bonds is 7. The molecule has 1 atom stereocenters. The van der Waals surface area contributed by atoms with Crippen molar-refractivity contribution in [2.24, 2.45) is 0 Å². The highest BCUT2D eigenvalue weighted by atomic mass is 16.4. The Balaban J connectivity index is 2.69. The lowest BCUT2D eigenvalue weighted by Crippen LogP contribution is -2.37. The SMILES string of the molecule is CCNC(CCC(=O)O)C(=O)c1ccccc1. The van der Waals surface area contributed by atoms with Crippen LogP contribution in [0, 0.1) is 0 Å². The third kappa shape index (κ3) is 4.36. The third-order valence-corrected chi connectivity index (χ3v) is 2.47. The molecular formula is C13H17NO3. The summed E-state index contributed by atoms with van der Waals surface area (Å²) in [6.07, 6.45) is 0.313. The predicted octanol–water partition coefficient (Wildman–Crippen LogP) is 1.71. The monoisotopic (exact) mass is 235 g/mol. The summed E-state index contributed by atoms with van der Waals surface area (Å²) in [6, 6.07) is 8.51. The summed E-state index contributed by atoms with van der Waals surface area (Å²) in [6.45, 7) is 2.54. The van der Waals surface area contributed by atoms with Gasteiger partial charge in [0, 0.05) is 12.0 Å². The molecule has 1 aromatic rings. The normalized spacial score (nSPS) is 12.1. The van der Waals surface area contributed by atoms with Crippen LogP contribution in [0.1, 0.15) is 30.1 Å². The lowest BCUT2D eigenvalue weighted by atomic mass is 10.0. The molecule has 2 N–H and O–H groups in total. The molecule has 0 aliphatic rings. The summed E-state index contributed by atoms with van der Waals surface area (Å²) in [4.78, 5) is 22.6. The van der Waals surface area contributed by atoms with E-state index in [0.717, 1.165) is 0 Å². The van der Waals surface area contributed by atoms with Crippen molar-refractivity contribution in [3.63, 3.8) is 0 Å². The van der Waals surface area contributed by atoms with E-state index in [1.165, 1.54) is 0 Å². The number of carboxylic acid groups (broad SMARTS) is 1. The van der Waals surface area contributed by atoms with E-state index in [-0.39, 0.29) is 12.2 Å². The second-order valence-corrected chi connectivity index (χ2v) is 3.77. The molecular weight excluding hydrogens is 218 g/mol.